The molecule has 124 valence electrons. The molecule has 0 aromatic carbocycles. The molecule has 0 saturated carbocycles. The SMILES string of the molecule is CC(C)N(CCC(=O)NCCN1CCOCC1)S(C)(=O)=O. The van der Waals surface area contributed by atoms with Crippen LogP contribution in [0.4, 0.5) is 0 Å². The molecule has 1 N–H and O–H groups in total. The molecular formula is C13H27N3O4S. The van der Waals surface area contributed by atoms with Gasteiger partial charge in [-0.2, -0.15) is 4.31 Å². The maximum absolute atomic E-state index is 11.8. The highest BCUT2D eigenvalue weighted by Crippen LogP contribution is 2.05. The van der Waals surface area contributed by atoms with Crippen LogP contribution in [0.5, 0.6) is 0 Å². The molecule has 0 bridgehead atoms. The van der Waals surface area contributed by atoms with Crippen LogP contribution in [-0.2, 0) is 19.6 Å². The van der Waals surface area contributed by atoms with Gasteiger partial charge in [0.05, 0.1) is 19.5 Å². The molecule has 0 aromatic rings. The summed E-state index contributed by atoms with van der Waals surface area (Å²) in [4.78, 5) is 14.0. The van der Waals surface area contributed by atoms with Crippen LogP contribution in [-0.4, -0.2) is 81.8 Å². The Balaban J connectivity index is 2.23. The van der Waals surface area contributed by atoms with Crippen molar-refractivity contribution in [1.82, 2.24) is 14.5 Å². The predicted molar refractivity (Wildman–Crippen MR) is 81.6 cm³/mol. The number of nitrogens with one attached hydrogen (secondary N) is 1. The molecule has 0 atom stereocenters. The summed E-state index contributed by atoms with van der Waals surface area (Å²) < 4.78 is 29.8. The Morgan fingerprint density at radius 3 is 2.48 bits per heavy atom. The Morgan fingerprint density at radius 1 is 1.33 bits per heavy atom. The van der Waals surface area contributed by atoms with Gasteiger partial charge in [0.1, 0.15) is 0 Å². The molecule has 1 aliphatic rings. The van der Waals surface area contributed by atoms with E-state index in [4.69, 9.17) is 4.74 Å². The first-order valence-electron chi connectivity index (χ1n) is 7.34. The summed E-state index contributed by atoms with van der Waals surface area (Å²) in [5.41, 5.74) is 0. The van der Waals surface area contributed by atoms with Crippen LogP contribution >= 0.6 is 0 Å². The molecule has 21 heavy (non-hydrogen) atoms. The first-order valence-corrected chi connectivity index (χ1v) is 9.19. The van der Waals surface area contributed by atoms with Crippen LogP contribution in [0.1, 0.15) is 20.3 Å². The van der Waals surface area contributed by atoms with Crippen LogP contribution in [0.25, 0.3) is 0 Å². The third-order valence-electron chi connectivity index (χ3n) is 3.42. The fourth-order valence-corrected chi connectivity index (χ4v) is 3.47. The number of amides is 1. The van der Waals surface area contributed by atoms with Crippen molar-refractivity contribution in [3.05, 3.63) is 0 Å². The minimum Gasteiger partial charge on any atom is -0.379 e. The lowest BCUT2D eigenvalue weighted by Gasteiger charge is -2.26. The van der Waals surface area contributed by atoms with Crippen molar-refractivity contribution in [2.24, 2.45) is 0 Å². The van der Waals surface area contributed by atoms with Crippen LogP contribution < -0.4 is 5.32 Å². The highest BCUT2D eigenvalue weighted by molar-refractivity contribution is 7.88. The third kappa shape index (κ3) is 7.21. The summed E-state index contributed by atoms with van der Waals surface area (Å²) in [5.74, 6) is -0.113. The Hall–Kier alpha value is -0.700. The van der Waals surface area contributed by atoms with E-state index in [0.29, 0.717) is 6.54 Å². The van der Waals surface area contributed by atoms with Gasteiger partial charge in [-0.15, -0.1) is 0 Å². The van der Waals surface area contributed by atoms with Crippen molar-refractivity contribution in [1.29, 1.82) is 0 Å². The Morgan fingerprint density at radius 2 is 1.95 bits per heavy atom. The summed E-state index contributed by atoms with van der Waals surface area (Å²) in [7, 11) is -3.27. The van der Waals surface area contributed by atoms with Gasteiger partial charge in [0.15, 0.2) is 0 Å². The Kier molecular flexibility index (Phi) is 7.58. The number of carbonyl (C=O) groups excluding carboxylic acids is 1. The molecule has 1 rings (SSSR count). The number of carbonyl (C=O) groups is 1. The van der Waals surface area contributed by atoms with Gasteiger partial charge in [-0.25, -0.2) is 8.42 Å². The molecule has 0 aromatic heterocycles. The molecule has 1 aliphatic heterocycles. The normalized spacial score (nSPS) is 17.4. The number of hydrogen-bond acceptors (Lipinski definition) is 5. The number of ether oxygens (including phenoxy) is 1. The second kappa shape index (κ2) is 8.67. The van der Waals surface area contributed by atoms with E-state index < -0.39 is 10.0 Å². The van der Waals surface area contributed by atoms with Gasteiger partial charge in [-0.1, -0.05) is 0 Å². The molecule has 0 aliphatic carbocycles. The van der Waals surface area contributed by atoms with Crippen molar-refractivity contribution < 1.29 is 17.9 Å². The molecule has 0 spiro atoms. The quantitative estimate of drug-likeness (QED) is 0.652. The zero-order valence-corrected chi connectivity index (χ0v) is 14.0. The number of rotatable bonds is 8. The largest absolute Gasteiger partial charge is 0.379 e. The highest BCUT2D eigenvalue weighted by Gasteiger charge is 2.20. The van der Waals surface area contributed by atoms with Gasteiger partial charge in [0.2, 0.25) is 15.9 Å². The average molecular weight is 321 g/mol. The monoisotopic (exact) mass is 321 g/mol. The summed E-state index contributed by atoms with van der Waals surface area (Å²) in [6.45, 7) is 8.48. The minimum absolute atomic E-state index is 0.113. The minimum atomic E-state index is -3.27. The van der Waals surface area contributed by atoms with Crippen LogP contribution in [0.15, 0.2) is 0 Å². The van der Waals surface area contributed by atoms with Gasteiger partial charge >= 0.3 is 0 Å². The van der Waals surface area contributed by atoms with E-state index in [2.05, 4.69) is 10.2 Å². The summed E-state index contributed by atoms with van der Waals surface area (Å²) in [6.07, 6.45) is 1.36. The van der Waals surface area contributed by atoms with Gasteiger partial charge in [-0.3, -0.25) is 9.69 Å². The second-order valence-electron chi connectivity index (χ2n) is 5.52. The molecule has 0 unspecified atom stereocenters. The van der Waals surface area contributed by atoms with Gasteiger partial charge in [0, 0.05) is 45.2 Å². The third-order valence-corrected chi connectivity index (χ3v) is 4.87. The molecule has 1 fully saturated rings. The molecule has 1 amide bonds. The number of morpholine rings is 1. The van der Waals surface area contributed by atoms with Crippen molar-refractivity contribution in [2.75, 3.05) is 52.2 Å². The number of sulfonamides is 1. The van der Waals surface area contributed by atoms with Crippen molar-refractivity contribution in [3.8, 4) is 0 Å². The predicted octanol–water partition coefficient (Wildman–Crippen LogP) is -0.505. The first-order chi connectivity index (χ1) is 9.80. The van der Waals surface area contributed by atoms with Crippen molar-refractivity contribution in [3.63, 3.8) is 0 Å². The zero-order chi connectivity index (χ0) is 15.9. The zero-order valence-electron chi connectivity index (χ0n) is 13.2. The summed E-state index contributed by atoms with van der Waals surface area (Å²) >= 11 is 0. The van der Waals surface area contributed by atoms with Gasteiger partial charge < -0.3 is 10.1 Å². The number of nitrogens with zero attached hydrogens (tertiary/aromatic N) is 2. The smallest absolute Gasteiger partial charge is 0.221 e. The summed E-state index contributed by atoms with van der Waals surface area (Å²) in [5, 5.41) is 2.83. The fourth-order valence-electron chi connectivity index (χ4n) is 2.29. The molecular weight excluding hydrogens is 294 g/mol. The molecule has 8 heteroatoms. The van der Waals surface area contributed by atoms with Crippen LogP contribution in [0, 0.1) is 0 Å². The topological polar surface area (TPSA) is 79.0 Å². The van der Waals surface area contributed by atoms with Crippen molar-refractivity contribution >= 4 is 15.9 Å². The van der Waals surface area contributed by atoms with Crippen molar-refractivity contribution in [2.45, 2.75) is 26.3 Å². The molecule has 1 heterocycles. The lowest BCUT2D eigenvalue weighted by Crippen LogP contribution is -2.42. The Labute approximate surface area is 127 Å². The van der Waals surface area contributed by atoms with E-state index in [0.717, 1.165) is 32.8 Å². The van der Waals surface area contributed by atoms with E-state index in [9.17, 15) is 13.2 Å². The van der Waals surface area contributed by atoms with Crippen LogP contribution in [0.3, 0.4) is 0 Å². The Bertz CT molecular complexity index is 419. The molecule has 7 nitrogen and oxygen atoms in total. The first kappa shape index (κ1) is 18.3. The van der Waals surface area contributed by atoms with Crippen LogP contribution in [0.2, 0.25) is 0 Å². The standard InChI is InChI=1S/C13H27N3O4S/c1-12(2)16(21(3,18)19)6-4-13(17)14-5-7-15-8-10-20-11-9-15/h12H,4-11H2,1-3H3,(H,14,17). The second-order valence-corrected chi connectivity index (χ2v) is 7.46. The maximum atomic E-state index is 11.8. The van der Waals surface area contributed by atoms with E-state index in [1.54, 1.807) is 13.8 Å². The highest BCUT2D eigenvalue weighted by atomic mass is 32.2. The molecule has 1 saturated heterocycles. The number of hydrogen-bond donors (Lipinski definition) is 1. The average Bonchev–Trinajstić information content (AvgIpc) is 2.38. The van der Waals surface area contributed by atoms with Gasteiger partial charge in [-0.05, 0) is 13.8 Å². The van der Waals surface area contributed by atoms with Gasteiger partial charge in [0.25, 0.3) is 0 Å². The fraction of sp³-hybridized carbons (Fsp3) is 0.923. The van der Waals surface area contributed by atoms with E-state index in [-0.39, 0.29) is 24.9 Å². The lowest BCUT2D eigenvalue weighted by atomic mass is 10.3. The maximum Gasteiger partial charge on any atom is 0.221 e. The summed E-state index contributed by atoms with van der Waals surface area (Å²) in [6, 6.07) is -0.138. The lowest BCUT2D eigenvalue weighted by molar-refractivity contribution is -0.121. The van der Waals surface area contributed by atoms with E-state index in [1.165, 1.54) is 10.6 Å². The van der Waals surface area contributed by atoms with E-state index >= 15 is 0 Å². The van der Waals surface area contributed by atoms with E-state index in [1.807, 2.05) is 0 Å². The molecule has 0 radical (unpaired) electrons.